The smallest absolute Gasteiger partial charge is 0.230 e. The van der Waals surface area contributed by atoms with Crippen LogP contribution in [0.25, 0.3) is 0 Å². The first-order chi connectivity index (χ1) is 10.3. The maximum absolute atomic E-state index is 4.64. The molecule has 0 saturated carbocycles. The predicted molar refractivity (Wildman–Crippen MR) is 82.5 cm³/mol. The number of pyridine rings is 1. The van der Waals surface area contributed by atoms with Gasteiger partial charge in [0, 0.05) is 38.4 Å². The van der Waals surface area contributed by atoms with Gasteiger partial charge in [-0.2, -0.15) is 15.0 Å². The van der Waals surface area contributed by atoms with E-state index in [1.54, 1.807) is 12.4 Å². The van der Waals surface area contributed by atoms with Crippen molar-refractivity contribution in [2.75, 3.05) is 29.9 Å². The fourth-order valence-electron chi connectivity index (χ4n) is 2.47. The van der Waals surface area contributed by atoms with Crippen LogP contribution in [0.4, 0.5) is 11.9 Å². The summed E-state index contributed by atoms with van der Waals surface area (Å²) >= 11 is 0. The maximum Gasteiger partial charge on any atom is 0.230 e. The van der Waals surface area contributed by atoms with E-state index in [-0.39, 0.29) is 0 Å². The molecule has 1 aliphatic rings. The second-order valence-corrected chi connectivity index (χ2v) is 5.13. The molecule has 0 atom stereocenters. The zero-order valence-electron chi connectivity index (χ0n) is 12.3. The van der Waals surface area contributed by atoms with Crippen LogP contribution in [0.2, 0.25) is 0 Å². The Kier molecular flexibility index (Phi) is 4.23. The molecule has 0 spiro atoms. The van der Waals surface area contributed by atoms with Gasteiger partial charge < -0.3 is 10.2 Å². The molecule has 1 aliphatic heterocycles. The highest BCUT2D eigenvalue weighted by Crippen LogP contribution is 2.18. The quantitative estimate of drug-likeness (QED) is 0.904. The Labute approximate surface area is 124 Å². The van der Waals surface area contributed by atoms with Gasteiger partial charge in [0.25, 0.3) is 0 Å². The Morgan fingerprint density at radius 2 is 1.86 bits per heavy atom. The molecule has 0 aliphatic carbocycles. The van der Waals surface area contributed by atoms with E-state index < -0.39 is 0 Å². The summed E-state index contributed by atoms with van der Waals surface area (Å²) in [7, 11) is 0. The van der Waals surface area contributed by atoms with Crippen molar-refractivity contribution in [3.05, 3.63) is 35.9 Å². The first kappa shape index (κ1) is 13.7. The number of hydrogen-bond donors (Lipinski definition) is 1. The van der Waals surface area contributed by atoms with Crippen LogP contribution in [0.15, 0.2) is 24.5 Å². The summed E-state index contributed by atoms with van der Waals surface area (Å²) in [6.07, 6.45) is 6.71. The van der Waals surface area contributed by atoms with Gasteiger partial charge in [0.15, 0.2) is 0 Å². The van der Waals surface area contributed by atoms with Gasteiger partial charge in [0.05, 0.1) is 0 Å². The van der Waals surface area contributed by atoms with Crippen LogP contribution in [0.1, 0.15) is 31.2 Å². The largest absolute Gasteiger partial charge is 0.354 e. The summed E-state index contributed by atoms with van der Waals surface area (Å²) in [5.74, 6) is 2.26. The number of aromatic nitrogens is 4. The van der Waals surface area contributed by atoms with E-state index in [2.05, 4.69) is 30.2 Å². The molecule has 0 bridgehead atoms. The van der Waals surface area contributed by atoms with Crippen LogP contribution in [-0.2, 0) is 6.42 Å². The summed E-state index contributed by atoms with van der Waals surface area (Å²) in [5.41, 5.74) is 1.16. The molecule has 3 rings (SSSR count). The highest BCUT2D eigenvalue weighted by molar-refractivity contribution is 5.38. The van der Waals surface area contributed by atoms with E-state index in [1.165, 1.54) is 12.8 Å². The minimum absolute atomic E-state index is 0.665. The van der Waals surface area contributed by atoms with E-state index in [4.69, 9.17) is 0 Å². The van der Waals surface area contributed by atoms with E-state index in [0.717, 1.165) is 37.0 Å². The molecular formula is C15H20N6. The van der Waals surface area contributed by atoms with Crippen molar-refractivity contribution >= 4 is 11.9 Å². The molecule has 1 fully saturated rings. The van der Waals surface area contributed by atoms with Crippen LogP contribution in [-0.4, -0.2) is 39.6 Å². The van der Waals surface area contributed by atoms with Crippen LogP contribution >= 0.6 is 0 Å². The number of hydrogen-bond acceptors (Lipinski definition) is 6. The lowest BCUT2D eigenvalue weighted by Crippen LogP contribution is -2.22. The number of nitrogens with one attached hydrogen (secondary N) is 1. The van der Waals surface area contributed by atoms with Crippen LogP contribution in [0, 0.1) is 0 Å². The zero-order chi connectivity index (χ0) is 14.5. The average molecular weight is 284 g/mol. The van der Waals surface area contributed by atoms with Crippen LogP contribution in [0.5, 0.6) is 0 Å². The van der Waals surface area contributed by atoms with Crippen LogP contribution < -0.4 is 10.2 Å². The van der Waals surface area contributed by atoms with Crippen LogP contribution in [0.3, 0.4) is 0 Å². The van der Waals surface area contributed by atoms with Crippen molar-refractivity contribution in [3.63, 3.8) is 0 Å². The Hall–Kier alpha value is -2.24. The molecule has 6 heteroatoms. The first-order valence-electron chi connectivity index (χ1n) is 7.48. The lowest BCUT2D eigenvalue weighted by molar-refractivity contribution is 0.841. The molecule has 1 saturated heterocycles. The van der Waals surface area contributed by atoms with E-state index >= 15 is 0 Å². The summed E-state index contributed by atoms with van der Waals surface area (Å²) in [4.78, 5) is 19.9. The molecule has 0 unspecified atom stereocenters. The molecular weight excluding hydrogens is 264 g/mol. The fraction of sp³-hybridized carbons (Fsp3) is 0.467. The molecule has 21 heavy (non-hydrogen) atoms. The van der Waals surface area contributed by atoms with Crippen molar-refractivity contribution in [1.29, 1.82) is 0 Å². The highest BCUT2D eigenvalue weighted by atomic mass is 15.3. The van der Waals surface area contributed by atoms with Gasteiger partial charge in [0.2, 0.25) is 11.9 Å². The summed E-state index contributed by atoms with van der Waals surface area (Å²) < 4.78 is 0. The minimum Gasteiger partial charge on any atom is -0.354 e. The van der Waals surface area contributed by atoms with E-state index in [9.17, 15) is 0 Å². The summed E-state index contributed by atoms with van der Waals surface area (Å²) in [6.45, 7) is 4.91. The number of rotatable bonds is 5. The lowest BCUT2D eigenvalue weighted by Gasteiger charge is -2.16. The second-order valence-electron chi connectivity index (χ2n) is 5.13. The summed E-state index contributed by atoms with van der Waals surface area (Å²) in [5, 5.41) is 3.20. The monoisotopic (exact) mass is 284 g/mol. The minimum atomic E-state index is 0.665. The van der Waals surface area contributed by atoms with Gasteiger partial charge in [-0.25, -0.2) is 0 Å². The normalized spacial score (nSPS) is 14.4. The van der Waals surface area contributed by atoms with Gasteiger partial charge in [-0.15, -0.1) is 0 Å². The molecule has 2 aromatic heterocycles. The van der Waals surface area contributed by atoms with Gasteiger partial charge in [-0.05, 0) is 37.5 Å². The van der Waals surface area contributed by atoms with Crippen molar-refractivity contribution in [1.82, 2.24) is 19.9 Å². The Morgan fingerprint density at radius 3 is 2.57 bits per heavy atom. The Balaban J connectivity index is 1.87. The standard InChI is InChI=1S/C15H20N6/c1-2-17-14-18-13(11-12-5-7-16-8-6-12)19-15(20-14)21-9-3-4-10-21/h5-8H,2-4,9-11H2,1H3,(H,17,18,19,20). The molecule has 3 heterocycles. The predicted octanol–water partition coefficient (Wildman–Crippen LogP) is 1.89. The molecule has 6 nitrogen and oxygen atoms in total. The highest BCUT2D eigenvalue weighted by Gasteiger charge is 2.17. The van der Waals surface area contributed by atoms with Crippen molar-refractivity contribution in [3.8, 4) is 0 Å². The van der Waals surface area contributed by atoms with Gasteiger partial charge in [-0.1, -0.05) is 0 Å². The van der Waals surface area contributed by atoms with Gasteiger partial charge >= 0.3 is 0 Å². The molecule has 0 aromatic carbocycles. The van der Waals surface area contributed by atoms with E-state index in [0.29, 0.717) is 12.4 Å². The van der Waals surface area contributed by atoms with Gasteiger partial charge in [-0.3, -0.25) is 4.98 Å². The molecule has 1 N–H and O–H groups in total. The third-order valence-electron chi connectivity index (χ3n) is 3.51. The Bertz CT molecular complexity index is 580. The van der Waals surface area contributed by atoms with Crippen molar-refractivity contribution < 1.29 is 0 Å². The molecule has 110 valence electrons. The molecule has 2 aromatic rings. The average Bonchev–Trinajstić information content (AvgIpc) is 3.03. The molecule has 0 radical (unpaired) electrons. The second kappa shape index (κ2) is 6.47. The number of anilines is 2. The number of nitrogens with zero attached hydrogens (tertiary/aromatic N) is 5. The lowest BCUT2D eigenvalue weighted by atomic mass is 10.2. The van der Waals surface area contributed by atoms with Gasteiger partial charge in [0.1, 0.15) is 5.82 Å². The third kappa shape index (κ3) is 3.45. The summed E-state index contributed by atoms with van der Waals surface area (Å²) in [6, 6.07) is 3.98. The van der Waals surface area contributed by atoms with Crippen molar-refractivity contribution in [2.24, 2.45) is 0 Å². The molecule has 0 amide bonds. The van der Waals surface area contributed by atoms with E-state index in [1.807, 2.05) is 19.1 Å². The SMILES string of the molecule is CCNc1nc(Cc2ccncc2)nc(N2CCCC2)n1. The third-order valence-corrected chi connectivity index (χ3v) is 3.51. The Morgan fingerprint density at radius 1 is 1.10 bits per heavy atom. The zero-order valence-corrected chi connectivity index (χ0v) is 12.3. The fourth-order valence-corrected chi connectivity index (χ4v) is 2.47. The van der Waals surface area contributed by atoms with Crippen molar-refractivity contribution in [2.45, 2.75) is 26.2 Å². The topological polar surface area (TPSA) is 66.8 Å². The first-order valence-corrected chi connectivity index (χ1v) is 7.48. The maximum atomic E-state index is 4.64.